The lowest BCUT2D eigenvalue weighted by molar-refractivity contribution is 0.229. The second-order valence-electron chi connectivity index (χ2n) is 4.81. The monoisotopic (exact) mass is 300 g/mol. The molecular weight excluding hydrogens is 275 g/mol. The summed E-state index contributed by atoms with van der Waals surface area (Å²) in [5.41, 5.74) is 0. The summed E-state index contributed by atoms with van der Waals surface area (Å²) < 4.78 is 29.4. The molecule has 1 aromatic rings. The third-order valence-electron chi connectivity index (χ3n) is 2.56. The van der Waals surface area contributed by atoms with Crippen molar-refractivity contribution in [2.45, 2.75) is 46.6 Å². The molecule has 0 saturated heterocycles. The summed E-state index contributed by atoms with van der Waals surface area (Å²) in [5, 5.41) is 0. The van der Waals surface area contributed by atoms with Crippen LogP contribution in [-0.2, 0) is 9.09 Å². The van der Waals surface area contributed by atoms with E-state index in [4.69, 9.17) is 13.8 Å². The van der Waals surface area contributed by atoms with Crippen LogP contribution in [0.5, 0.6) is 11.5 Å². The molecule has 0 fully saturated rings. The van der Waals surface area contributed by atoms with Crippen molar-refractivity contribution in [2.24, 2.45) is 0 Å². The van der Waals surface area contributed by atoms with Crippen LogP contribution in [0, 0.1) is 0 Å². The van der Waals surface area contributed by atoms with Crippen molar-refractivity contribution in [3.63, 3.8) is 0 Å². The van der Waals surface area contributed by atoms with Gasteiger partial charge in [-0.25, -0.2) is 4.57 Å². The fourth-order valence-corrected chi connectivity index (χ4v) is 3.53. The Balaban J connectivity index is 2.90. The number of ether oxygens (including phenoxy) is 1. The van der Waals surface area contributed by atoms with Gasteiger partial charge in [0.1, 0.15) is 0 Å². The molecule has 114 valence electrons. The first-order valence-corrected chi connectivity index (χ1v) is 8.92. The van der Waals surface area contributed by atoms with E-state index in [0.717, 1.165) is 12.8 Å². The molecule has 5 heteroatoms. The normalized spacial score (nSPS) is 14.1. The zero-order chi connectivity index (χ0) is 15.0. The fraction of sp³-hybridized carbons (Fsp3) is 0.600. The van der Waals surface area contributed by atoms with E-state index in [1.54, 1.807) is 6.07 Å². The molecule has 0 aliphatic carbocycles. The minimum Gasteiger partial charge on any atom is -0.487 e. The topological polar surface area (TPSA) is 44.8 Å². The molecule has 0 aromatic heterocycles. The third-order valence-corrected chi connectivity index (χ3v) is 4.55. The summed E-state index contributed by atoms with van der Waals surface area (Å²) in [4.78, 5) is 0. The van der Waals surface area contributed by atoms with E-state index in [9.17, 15) is 4.57 Å². The smallest absolute Gasteiger partial charge is 0.379 e. The Bertz CT molecular complexity index is 445. The van der Waals surface area contributed by atoms with E-state index < -0.39 is 7.60 Å². The minimum atomic E-state index is -3.11. The second-order valence-corrected chi connectivity index (χ2v) is 6.92. The summed E-state index contributed by atoms with van der Waals surface area (Å²) in [6.45, 7) is 8.12. The summed E-state index contributed by atoms with van der Waals surface area (Å²) in [6, 6.07) is 7.27. The average Bonchev–Trinajstić information content (AvgIpc) is 2.38. The van der Waals surface area contributed by atoms with Gasteiger partial charge in [-0.1, -0.05) is 25.5 Å². The number of hydrogen-bond donors (Lipinski definition) is 0. The van der Waals surface area contributed by atoms with Crippen LogP contribution in [0.2, 0.25) is 0 Å². The molecule has 1 rings (SSSR count). The van der Waals surface area contributed by atoms with Gasteiger partial charge in [-0.05, 0) is 39.3 Å². The van der Waals surface area contributed by atoms with Gasteiger partial charge in [-0.2, -0.15) is 0 Å². The van der Waals surface area contributed by atoms with Crippen molar-refractivity contribution >= 4 is 7.60 Å². The predicted octanol–water partition coefficient (Wildman–Crippen LogP) is 4.88. The summed E-state index contributed by atoms with van der Waals surface area (Å²) in [7, 11) is -3.11. The molecule has 0 aliphatic rings. The van der Waals surface area contributed by atoms with Crippen molar-refractivity contribution < 1.29 is 18.3 Å². The molecule has 1 aromatic carbocycles. The molecule has 0 radical (unpaired) electrons. The largest absolute Gasteiger partial charge is 0.487 e. The maximum Gasteiger partial charge on any atom is 0.379 e. The molecule has 0 N–H and O–H groups in total. The molecule has 20 heavy (non-hydrogen) atoms. The van der Waals surface area contributed by atoms with E-state index in [-0.39, 0.29) is 6.10 Å². The van der Waals surface area contributed by atoms with Gasteiger partial charge < -0.3 is 13.8 Å². The molecule has 1 unspecified atom stereocenters. The van der Waals surface area contributed by atoms with Crippen LogP contribution < -0.4 is 9.26 Å². The lowest BCUT2D eigenvalue weighted by Gasteiger charge is -2.21. The number of hydrogen-bond acceptors (Lipinski definition) is 4. The van der Waals surface area contributed by atoms with E-state index in [1.165, 1.54) is 0 Å². The SMILES string of the molecule is CCCCP(=O)(OCC)Oc1ccccc1OC(C)C. The standard InChI is InChI=1S/C15H25O4P/c1-5-7-12-20(16,17-6-2)19-15-11-9-8-10-14(15)18-13(3)4/h8-11,13H,5-7,12H2,1-4H3. The molecular formula is C15H25O4P. The van der Waals surface area contributed by atoms with E-state index >= 15 is 0 Å². The number of benzene rings is 1. The fourth-order valence-electron chi connectivity index (χ4n) is 1.71. The van der Waals surface area contributed by atoms with Gasteiger partial charge in [-0.3, -0.25) is 0 Å². The Morgan fingerprint density at radius 1 is 1.15 bits per heavy atom. The van der Waals surface area contributed by atoms with Gasteiger partial charge in [-0.15, -0.1) is 0 Å². The zero-order valence-electron chi connectivity index (χ0n) is 12.8. The van der Waals surface area contributed by atoms with Gasteiger partial charge in [0.25, 0.3) is 0 Å². The highest BCUT2D eigenvalue weighted by atomic mass is 31.2. The molecule has 0 aliphatic heterocycles. The van der Waals surface area contributed by atoms with Crippen LogP contribution in [0.3, 0.4) is 0 Å². The van der Waals surface area contributed by atoms with Crippen molar-refractivity contribution in [1.82, 2.24) is 0 Å². The summed E-state index contributed by atoms with van der Waals surface area (Å²) >= 11 is 0. The van der Waals surface area contributed by atoms with Gasteiger partial charge in [0, 0.05) is 0 Å². The Morgan fingerprint density at radius 3 is 2.35 bits per heavy atom. The minimum absolute atomic E-state index is 0.0295. The number of para-hydroxylation sites is 2. The molecule has 1 atom stereocenters. The first-order valence-electron chi connectivity index (χ1n) is 7.19. The van der Waals surface area contributed by atoms with Crippen molar-refractivity contribution in [3.05, 3.63) is 24.3 Å². The lowest BCUT2D eigenvalue weighted by atomic mass is 10.3. The predicted molar refractivity (Wildman–Crippen MR) is 81.8 cm³/mol. The zero-order valence-corrected chi connectivity index (χ0v) is 13.7. The third kappa shape index (κ3) is 5.56. The molecule has 0 saturated carbocycles. The Labute approximate surface area is 122 Å². The van der Waals surface area contributed by atoms with Crippen LogP contribution in [-0.4, -0.2) is 18.9 Å². The van der Waals surface area contributed by atoms with E-state index in [2.05, 4.69) is 0 Å². The van der Waals surface area contributed by atoms with E-state index in [1.807, 2.05) is 45.9 Å². The Kier molecular flexibility index (Phi) is 7.11. The van der Waals surface area contributed by atoms with Crippen LogP contribution in [0.4, 0.5) is 0 Å². The number of rotatable bonds is 9. The van der Waals surface area contributed by atoms with Crippen molar-refractivity contribution in [1.29, 1.82) is 0 Å². The average molecular weight is 300 g/mol. The van der Waals surface area contributed by atoms with Crippen molar-refractivity contribution in [2.75, 3.05) is 12.8 Å². The Morgan fingerprint density at radius 2 is 1.80 bits per heavy atom. The Hall–Kier alpha value is -0.990. The maximum absolute atomic E-state index is 12.7. The van der Waals surface area contributed by atoms with Crippen LogP contribution in [0.15, 0.2) is 24.3 Å². The van der Waals surface area contributed by atoms with E-state index in [0.29, 0.717) is 24.3 Å². The highest BCUT2D eigenvalue weighted by Crippen LogP contribution is 2.51. The van der Waals surface area contributed by atoms with Gasteiger partial charge in [0.05, 0.1) is 18.9 Å². The van der Waals surface area contributed by atoms with Gasteiger partial charge in [0.2, 0.25) is 0 Å². The first kappa shape index (κ1) is 17.1. The highest BCUT2D eigenvalue weighted by molar-refractivity contribution is 7.54. The lowest BCUT2D eigenvalue weighted by Crippen LogP contribution is -2.08. The molecule has 4 nitrogen and oxygen atoms in total. The molecule has 0 amide bonds. The quantitative estimate of drug-likeness (QED) is 0.609. The van der Waals surface area contributed by atoms with Crippen LogP contribution >= 0.6 is 7.60 Å². The van der Waals surface area contributed by atoms with Crippen molar-refractivity contribution in [3.8, 4) is 11.5 Å². The number of unbranched alkanes of at least 4 members (excludes halogenated alkanes) is 1. The molecule has 0 bridgehead atoms. The van der Waals surface area contributed by atoms with Gasteiger partial charge in [0.15, 0.2) is 11.5 Å². The van der Waals surface area contributed by atoms with Crippen LogP contribution in [0.1, 0.15) is 40.5 Å². The second kappa shape index (κ2) is 8.33. The molecule has 0 spiro atoms. The molecule has 0 heterocycles. The maximum atomic E-state index is 12.7. The van der Waals surface area contributed by atoms with Gasteiger partial charge >= 0.3 is 7.60 Å². The highest BCUT2D eigenvalue weighted by Gasteiger charge is 2.26. The first-order chi connectivity index (χ1) is 9.50. The summed E-state index contributed by atoms with van der Waals surface area (Å²) in [6.07, 6.45) is 2.21. The van der Waals surface area contributed by atoms with Crippen LogP contribution in [0.25, 0.3) is 0 Å². The summed E-state index contributed by atoms with van der Waals surface area (Å²) in [5.74, 6) is 1.08.